The van der Waals surface area contributed by atoms with Gasteiger partial charge in [0.15, 0.2) is 5.78 Å². The minimum atomic E-state index is -0.581. The first-order chi connectivity index (χ1) is 8.19. The Morgan fingerprint density at radius 1 is 1.47 bits per heavy atom. The molecule has 1 fully saturated rings. The fourth-order valence-electron chi connectivity index (χ4n) is 2.61. The third-order valence-electron chi connectivity index (χ3n) is 3.53. The molecule has 92 valence electrons. The van der Waals surface area contributed by atoms with Gasteiger partial charge in [-0.15, -0.1) is 0 Å². The Morgan fingerprint density at radius 3 is 2.76 bits per heavy atom. The van der Waals surface area contributed by atoms with Crippen molar-refractivity contribution < 1.29 is 9.53 Å². The van der Waals surface area contributed by atoms with Crippen LogP contribution < -0.4 is 0 Å². The highest BCUT2D eigenvalue weighted by atomic mass is 16.5. The Bertz CT molecular complexity index is 408. The van der Waals surface area contributed by atoms with Gasteiger partial charge in [-0.3, -0.25) is 9.78 Å². The minimum absolute atomic E-state index is 0.113. The van der Waals surface area contributed by atoms with E-state index in [0.29, 0.717) is 12.2 Å². The Hall–Kier alpha value is -1.22. The number of nitrogens with zero attached hydrogens (tertiary/aromatic N) is 1. The molecule has 3 nitrogen and oxygen atoms in total. The third kappa shape index (κ3) is 2.25. The molecule has 0 unspecified atom stereocenters. The summed E-state index contributed by atoms with van der Waals surface area (Å²) in [5, 5.41) is 0. The first-order valence-corrected chi connectivity index (χ1v) is 6.29. The van der Waals surface area contributed by atoms with Crippen molar-refractivity contribution in [3.05, 3.63) is 29.6 Å². The van der Waals surface area contributed by atoms with Crippen LogP contribution in [0.2, 0.25) is 0 Å². The van der Waals surface area contributed by atoms with E-state index in [1.807, 2.05) is 19.9 Å². The second-order valence-electron chi connectivity index (χ2n) is 4.65. The molecule has 0 saturated heterocycles. The molecular formula is C14H19NO2. The van der Waals surface area contributed by atoms with Gasteiger partial charge in [0.25, 0.3) is 0 Å². The van der Waals surface area contributed by atoms with Gasteiger partial charge >= 0.3 is 0 Å². The van der Waals surface area contributed by atoms with Crippen LogP contribution in [0.25, 0.3) is 0 Å². The number of aromatic nitrogens is 1. The summed E-state index contributed by atoms with van der Waals surface area (Å²) in [6.07, 6.45) is 7.21. The van der Waals surface area contributed by atoms with Crippen LogP contribution >= 0.6 is 0 Å². The van der Waals surface area contributed by atoms with Crippen molar-refractivity contribution in [1.29, 1.82) is 0 Å². The van der Waals surface area contributed by atoms with Gasteiger partial charge in [-0.05, 0) is 51.2 Å². The summed E-state index contributed by atoms with van der Waals surface area (Å²) in [6.45, 7) is 4.48. The fourth-order valence-corrected chi connectivity index (χ4v) is 2.61. The molecule has 0 spiro atoms. The Balaban J connectivity index is 2.32. The van der Waals surface area contributed by atoms with E-state index >= 15 is 0 Å². The van der Waals surface area contributed by atoms with Crippen molar-refractivity contribution in [2.75, 3.05) is 6.61 Å². The number of ether oxygens (including phenoxy) is 1. The maximum atomic E-state index is 12.6. The molecule has 0 atom stereocenters. The minimum Gasteiger partial charge on any atom is -0.367 e. The average Bonchev–Trinajstić information content (AvgIpc) is 2.79. The highest BCUT2D eigenvalue weighted by Gasteiger charge is 2.42. The van der Waals surface area contributed by atoms with E-state index < -0.39 is 5.60 Å². The fraction of sp³-hybridized carbons (Fsp3) is 0.571. The monoisotopic (exact) mass is 233 g/mol. The van der Waals surface area contributed by atoms with Crippen molar-refractivity contribution in [3.63, 3.8) is 0 Å². The first kappa shape index (κ1) is 12.2. The summed E-state index contributed by atoms with van der Waals surface area (Å²) in [5.74, 6) is 0.113. The van der Waals surface area contributed by atoms with Crippen LogP contribution in [0.15, 0.2) is 18.5 Å². The second kappa shape index (κ2) is 4.96. The largest absolute Gasteiger partial charge is 0.367 e. The van der Waals surface area contributed by atoms with Crippen LogP contribution in [-0.4, -0.2) is 23.0 Å². The van der Waals surface area contributed by atoms with E-state index in [-0.39, 0.29) is 5.78 Å². The van der Waals surface area contributed by atoms with E-state index in [1.165, 1.54) is 0 Å². The van der Waals surface area contributed by atoms with E-state index in [2.05, 4.69) is 4.98 Å². The predicted octanol–water partition coefficient (Wildman–Crippen LogP) is 2.92. The second-order valence-corrected chi connectivity index (χ2v) is 4.65. The lowest BCUT2D eigenvalue weighted by Gasteiger charge is -2.27. The number of carbonyl (C=O) groups excluding carboxylic acids is 1. The van der Waals surface area contributed by atoms with Gasteiger partial charge in [-0.25, -0.2) is 0 Å². The molecule has 1 aliphatic carbocycles. The van der Waals surface area contributed by atoms with E-state index in [9.17, 15) is 4.79 Å². The lowest BCUT2D eigenvalue weighted by atomic mass is 9.90. The molecule has 0 aliphatic heterocycles. The summed E-state index contributed by atoms with van der Waals surface area (Å²) in [5.41, 5.74) is 1.11. The maximum absolute atomic E-state index is 12.6. The first-order valence-electron chi connectivity index (χ1n) is 6.29. The van der Waals surface area contributed by atoms with Crippen molar-refractivity contribution in [1.82, 2.24) is 4.98 Å². The zero-order valence-corrected chi connectivity index (χ0v) is 10.5. The van der Waals surface area contributed by atoms with E-state index in [4.69, 9.17) is 4.74 Å². The quantitative estimate of drug-likeness (QED) is 0.751. The van der Waals surface area contributed by atoms with Crippen molar-refractivity contribution in [2.24, 2.45) is 0 Å². The van der Waals surface area contributed by atoms with Crippen LogP contribution in [-0.2, 0) is 4.74 Å². The molecule has 0 N–H and O–H groups in total. The van der Waals surface area contributed by atoms with Crippen LogP contribution in [0.1, 0.15) is 48.5 Å². The molecular weight excluding hydrogens is 214 g/mol. The Kier molecular flexibility index (Phi) is 3.57. The third-order valence-corrected chi connectivity index (χ3v) is 3.53. The average molecular weight is 233 g/mol. The standard InChI is InChI=1S/C14H19NO2/c1-3-17-14(7-4-5-8-14)13(16)12-10-15-9-6-11(12)2/h6,9-10H,3-5,7-8H2,1-2H3. The summed E-state index contributed by atoms with van der Waals surface area (Å²) >= 11 is 0. The maximum Gasteiger partial charge on any atom is 0.196 e. The number of carbonyl (C=O) groups is 1. The van der Waals surface area contributed by atoms with Crippen LogP contribution in [0.4, 0.5) is 0 Å². The Labute approximate surface area is 102 Å². The van der Waals surface area contributed by atoms with E-state index in [0.717, 1.165) is 31.2 Å². The summed E-state index contributed by atoms with van der Waals surface area (Å²) in [4.78, 5) is 16.7. The van der Waals surface area contributed by atoms with Gasteiger partial charge in [0.05, 0.1) is 0 Å². The van der Waals surface area contributed by atoms with Crippen LogP contribution in [0, 0.1) is 6.92 Å². The van der Waals surface area contributed by atoms with Crippen molar-refractivity contribution >= 4 is 5.78 Å². The number of ketones is 1. The van der Waals surface area contributed by atoms with Gasteiger partial charge in [0, 0.05) is 24.6 Å². The Morgan fingerprint density at radius 2 is 2.18 bits per heavy atom. The molecule has 2 rings (SSSR count). The van der Waals surface area contributed by atoms with Crippen molar-refractivity contribution in [3.8, 4) is 0 Å². The van der Waals surface area contributed by atoms with Gasteiger partial charge in [0.1, 0.15) is 5.60 Å². The molecule has 0 amide bonds. The number of hydrogen-bond donors (Lipinski definition) is 0. The smallest absolute Gasteiger partial charge is 0.196 e. The molecule has 1 aromatic rings. The van der Waals surface area contributed by atoms with Gasteiger partial charge in [0.2, 0.25) is 0 Å². The number of aryl methyl sites for hydroxylation is 1. The predicted molar refractivity (Wildman–Crippen MR) is 66.1 cm³/mol. The molecule has 1 aromatic heterocycles. The summed E-state index contributed by atoms with van der Waals surface area (Å²) in [6, 6.07) is 1.88. The molecule has 17 heavy (non-hydrogen) atoms. The molecule has 1 aliphatic rings. The summed E-state index contributed by atoms with van der Waals surface area (Å²) < 4.78 is 5.78. The van der Waals surface area contributed by atoms with Crippen LogP contribution in [0.5, 0.6) is 0 Å². The summed E-state index contributed by atoms with van der Waals surface area (Å²) in [7, 11) is 0. The molecule has 1 saturated carbocycles. The zero-order chi connectivity index (χ0) is 12.3. The lowest BCUT2D eigenvalue weighted by molar-refractivity contribution is -0.0164. The lowest BCUT2D eigenvalue weighted by Crippen LogP contribution is -2.39. The van der Waals surface area contributed by atoms with E-state index in [1.54, 1.807) is 12.4 Å². The van der Waals surface area contributed by atoms with Gasteiger partial charge in [-0.2, -0.15) is 0 Å². The SMILES string of the molecule is CCOC1(C(=O)c2cnccc2C)CCCC1. The zero-order valence-electron chi connectivity index (χ0n) is 10.5. The topological polar surface area (TPSA) is 39.2 Å². The normalized spacial score (nSPS) is 18.2. The molecule has 0 bridgehead atoms. The molecule has 1 heterocycles. The molecule has 3 heteroatoms. The van der Waals surface area contributed by atoms with Gasteiger partial charge in [-0.1, -0.05) is 0 Å². The highest BCUT2D eigenvalue weighted by molar-refractivity contribution is 6.03. The molecule has 0 aromatic carbocycles. The molecule has 0 radical (unpaired) electrons. The van der Waals surface area contributed by atoms with Gasteiger partial charge < -0.3 is 4.74 Å². The number of rotatable bonds is 4. The van der Waals surface area contributed by atoms with Crippen molar-refractivity contribution in [2.45, 2.75) is 45.1 Å². The number of Topliss-reactive ketones (excluding diaryl/α,β-unsaturated/α-hetero) is 1. The highest BCUT2D eigenvalue weighted by Crippen LogP contribution is 2.36. The van der Waals surface area contributed by atoms with Crippen LogP contribution in [0.3, 0.4) is 0 Å². The number of hydrogen-bond acceptors (Lipinski definition) is 3. The number of pyridine rings is 1.